The van der Waals surface area contributed by atoms with E-state index < -0.39 is 23.4 Å². The van der Waals surface area contributed by atoms with Crippen molar-refractivity contribution in [2.75, 3.05) is 25.1 Å². The number of hydrogen-bond acceptors (Lipinski definition) is 4. The van der Waals surface area contributed by atoms with E-state index in [2.05, 4.69) is 10.6 Å². The van der Waals surface area contributed by atoms with Gasteiger partial charge in [-0.05, 0) is 37.1 Å². The standard InChI is InChI=1S/C20H20F2N2O3S/c21-16-7-6-14(12-17(16)22)24-19(26)18(25)23-13-20(8-10-27-11-9-20)28-15-4-2-1-3-5-15/h1-7,12H,8-11,13H2,(H,23,25)(H,24,26). The van der Waals surface area contributed by atoms with E-state index in [1.165, 1.54) is 6.07 Å². The highest BCUT2D eigenvalue weighted by atomic mass is 32.2. The molecular weight excluding hydrogens is 386 g/mol. The van der Waals surface area contributed by atoms with Crippen molar-refractivity contribution in [2.45, 2.75) is 22.5 Å². The minimum Gasteiger partial charge on any atom is -0.381 e. The summed E-state index contributed by atoms with van der Waals surface area (Å²) in [5.41, 5.74) is 0.0125. The van der Waals surface area contributed by atoms with Crippen LogP contribution >= 0.6 is 11.8 Å². The van der Waals surface area contributed by atoms with Crippen molar-refractivity contribution < 1.29 is 23.1 Å². The Kier molecular flexibility index (Phi) is 6.64. The molecule has 1 saturated heterocycles. The second-order valence-electron chi connectivity index (χ2n) is 6.48. The van der Waals surface area contributed by atoms with E-state index >= 15 is 0 Å². The molecule has 2 aromatic carbocycles. The number of carbonyl (C=O) groups is 2. The number of rotatable bonds is 5. The van der Waals surface area contributed by atoms with Gasteiger partial charge in [-0.2, -0.15) is 0 Å². The van der Waals surface area contributed by atoms with Crippen LogP contribution in [0.3, 0.4) is 0 Å². The molecule has 1 fully saturated rings. The monoisotopic (exact) mass is 406 g/mol. The van der Waals surface area contributed by atoms with Crippen LogP contribution in [0.25, 0.3) is 0 Å². The van der Waals surface area contributed by atoms with Crippen molar-refractivity contribution in [3.63, 3.8) is 0 Å². The average Bonchev–Trinajstić information content (AvgIpc) is 2.70. The lowest BCUT2D eigenvalue weighted by molar-refractivity contribution is -0.136. The van der Waals surface area contributed by atoms with Gasteiger partial charge in [-0.25, -0.2) is 8.78 Å². The number of benzene rings is 2. The highest BCUT2D eigenvalue weighted by molar-refractivity contribution is 8.00. The molecule has 0 aromatic heterocycles. The van der Waals surface area contributed by atoms with Gasteiger partial charge in [0.2, 0.25) is 0 Å². The molecule has 1 aliphatic heterocycles. The molecule has 1 aliphatic rings. The Hall–Kier alpha value is -2.45. The van der Waals surface area contributed by atoms with Gasteiger partial charge in [-0.1, -0.05) is 18.2 Å². The Bertz CT molecular complexity index is 843. The van der Waals surface area contributed by atoms with Crippen LogP contribution in [0.1, 0.15) is 12.8 Å². The van der Waals surface area contributed by atoms with Crippen LogP contribution in [-0.2, 0) is 14.3 Å². The van der Waals surface area contributed by atoms with E-state index in [-0.39, 0.29) is 10.4 Å². The molecule has 0 atom stereocenters. The molecule has 0 radical (unpaired) electrons. The first-order chi connectivity index (χ1) is 13.5. The number of amides is 2. The summed E-state index contributed by atoms with van der Waals surface area (Å²) in [6, 6.07) is 12.7. The van der Waals surface area contributed by atoms with E-state index in [9.17, 15) is 18.4 Å². The predicted molar refractivity (Wildman–Crippen MR) is 103 cm³/mol. The van der Waals surface area contributed by atoms with Crippen molar-refractivity contribution in [3.05, 3.63) is 60.2 Å². The summed E-state index contributed by atoms with van der Waals surface area (Å²) in [6.07, 6.45) is 1.47. The molecule has 0 aliphatic carbocycles. The quantitative estimate of drug-likeness (QED) is 0.748. The molecule has 8 heteroatoms. The van der Waals surface area contributed by atoms with Gasteiger partial charge < -0.3 is 15.4 Å². The maximum Gasteiger partial charge on any atom is 0.313 e. The Morgan fingerprint density at radius 2 is 1.71 bits per heavy atom. The molecule has 2 N–H and O–H groups in total. The summed E-state index contributed by atoms with van der Waals surface area (Å²) in [7, 11) is 0. The summed E-state index contributed by atoms with van der Waals surface area (Å²) in [5.74, 6) is -3.89. The van der Waals surface area contributed by atoms with Crippen LogP contribution in [0.2, 0.25) is 0 Å². The predicted octanol–water partition coefficient (Wildman–Crippen LogP) is 3.36. The maximum atomic E-state index is 13.2. The molecule has 0 unspecified atom stereocenters. The van der Waals surface area contributed by atoms with E-state index in [0.29, 0.717) is 19.8 Å². The largest absolute Gasteiger partial charge is 0.381 e. The van der Waals surface area contributed by atoms with E-state index in [0.717, 1.165) is 29.9 Å². The highest BCUT2D eigenvalue weighted by Crippen LogP contribution is 2.40. The molecule has 2 aromatic rings. The van der Waals surface area contributed by atoms with Gasteiger partial charge in [0.05, 0.1) is 0 Å². The van der Waals surface area contributed by atoms with Crippen molar-refractivity contribution >= 4 is 29.3 Å². The molecule has 28 heavy (non-hydrogen) atoms. The third-order valence-corrected chi connectivity index (χ3v) is 5.93. The molecule has 0 bridgehead atoms. The minimum absolute atomic E-state index is 0.0125. The van der Waals surface area contributed by atoms with Crippen LogP contribution in [-0.4, -0.2) is 36.3 Å². The Morgan fingerprint density at radius 1 is 1.00 bits per heavy atom. The maximum absolute atomic E-state index is 13.2. The average molecular weight is 406 g/mol. The molecule has 3 rings (SSSR count). The van der Waals surface area contributed by atoms with Gasteiger partial charge in [0.1, 0.15) is 0 Å². The van der Waals surface area contributed by atoms with Gasteiger partial charge in [0.15, 0.2) is 11.6 Å². The van der Waals surface area contributed by atoms with Gasteiger partial charge >= 0.3 is 11.8 Å². The van der Waals surface area contributed by atoms with Crippen LogP contribution in [0.5, 0.6) is 0 Å². The van der Waals surface area contributed by atoms with Crippen molar-refractivity contribution in [1.29, 1.82) is 0 Å². The first-order valence-corrected chi connectivity index (χ1v) is 9.65. The van der Waals surface area contributed by atoms with Gasteiger partial charge in [-0.15, -0.1) is 11.8 Å². The lowest BCUT2D eigenvalue weighted by Crippen LogP contribution is -2.47. The van der Waals surface area contributed by atoms with Crippen LogP contribution in [0, 0.1) is 11.6 Å². The number of halogens is 2. The first-order valence-electron chi connectivity index (χ1n) is 8.83. The minimum atomic E-state index is -1.10. The Balaban J connectivity index is 1.61. The third kappa shape index (κ3) is 5.30. The SMILES string of the molecule is O=C(NCC1(Sc2ccccc2)CCOCC1)C(=O)Nc1ccc(F)c(F)c1. The second kappa shape index (κ2) is 9.16. The third-order valence-electron chi connectivity index (χ3n) is 4.44. The summed E-state index contributed by atoms with van der Waals surface area (Å²) in [5, 5.41) is 4.93. The van der Waals surface area contributed by atoms with E-state index in [4.69, 9.17) is 4.74 Å². The molecule has 0 spiro atoms. The highest BCUT2D eigenvalue weighted by Gasteiger charge is 2.34. The normalized spacial score (nSPS) is 15.6. The zero-order chi connectivity index (χ0) is 20.0. The Morgan fingerprint density at radius 3 is 2.39 bits per heavy atom. The molecule has 5 nitrogen and oxygen atoms in total. The molecule has 0 saturated carbocycles. The molecular formula is C20H20F2N2O3S. The molecule has 1 heterocycles. The summed E-state index contributed by atoms with van der Waals surface area (Å²) < 4.78 is 31.4. The fraction of sp³-hybridized carbons (Fsp3) is 0.300. The van der Waals surface area contributed by atoms with Gasteiger partial charge in [-0.3, -0.25) is 9.59 Å². The number of nitrogens with one attached hydrogen (secondary N) is 2. The number of hydrogen-bond donors (Lipinski definition) is 2. The number of ether oxygens (including phenoxy) is 1. The van der Waals surface area contributed by atoms with Crippen molar-refractivity contribution in [1.82, 2.24) is 5.32 Å². The number of carbonyl (C=O) groups excluding carboxylic acids is 2. The summed E-state index contributed by atoms with van der Waals surface area (Å²) in [4.78, 5) is 25.4. The van der Waals surface area contributed by atoms with E-state index in [1.54, 1.807) is 11.8 Å². The van der Waals surface area contributed by atoms with Crippen LogP contribution in [0.4, 0.5) is 14.5 Å². The number of thioether (sulfide) groups is 1. The summed E-state index contributed by atoms with van der Waals surface area (Å²) in [6.45, 7) is 1.45. The Labute approximate surface area is 165 Å². The smallest absolute Gasteiger partial charge is 0.313 e. The van der Waals surface area contributed by atoms with Gasteiger partial charge in [0, 0.05) is 41.2 Å². The lowest BCUT2D eigenvalue weighted by atomic mass is 9.99. The van der Waals surface area contributed by atoms with Crippen molar-refractivity contribution in [2.24, 2.45) is 0 Å². The molecule has 148 valence electrons. The fourth-order valence-corrected chi connectivity index (χ4v) is 4.19. The zero-order valence-electron chi connectivity index (χ0n) is 15.0. The van der Waals surface area contributed by atoms with Crippen LogP contribution in [0.15, 0.2) is 53.4 Å². The first kappa shape index (κ1) is 20.3. The van der Waals surface area contributed by atoms with Crippen LogP contribution < -0.4 is 10.6 Å². The second-order valence-corrected chi connectivity index (χ2v) is 8.02. The summed E-state index contributed by atoms with van der Waals surface area (Å²) >= 11 is 1.66. The topological polar surface area (TPSA) is 67.4 Å². The number of anilines is 1. The van der Waals surface area contributed by atoms with Gasteiger partial charge in [0.25, 0.3) is 0 Å². The lowest BCUT2D eigenvalue weighted by Gasteiger charge is -2.36. The molecule has 2 amide bonds. The van der Waals surface area contributed by atoms with Crippen molar-refractivity contribution in [3.8, 4) is 0 Å². The fourth-order valence-electron chi connectivity index (χ4n) is 2.88. The zero-order valence-corrected chi connectivity index (χ0v) is 15.9. The van der Waals surface area contributed by atoms with E-state index in [1.807, 2.05) is 30.3 Å².